The average molecular weight is 364 g/mol. The van der Waals surface area contributed by atoms with E-state index >= 15 is 0 Å². The molecule has 0 saturated heterocycles. The van der Waals surface area contributed by atoms with Gasteiger partial charge in [-0.2, -0.15) is 9.90 Å². The fourth-order valence-corrected chi connectivity index (χ4v) is 2.18. The summed E-state index contributed by atoms with van der Waals surface area (Å²) >= 11 is 0. The van der Waals surface area contributed by atoms with E-state index in [1.807, 2.05) is 30.3 Å². The Kier molecular flexibility index (Phi) is 5.63. The molecular weight excluding hydrogens is 348 g/mol. The van der Waals surface area contributed by atoms with Gasteiger partial charge in [-0.3, -0.25) is 4.79 Å². The molecule has 0 aliphatic rings. The molecule has 0 saturated carbocycles. The van der Waals surface area contributed by atoms with Gasteiger partial charge in [0.25, 0.3) is 5.91 Å². The van der Waals surface area contributed by atoms with Gasteiger partial charge in [0.05, 0.1) is 18.9 Å². The van der Waals surface area contributed by atoms with E-state index in [4.69, 9.17) is 0 Å². The Balaban J connectivity index is 1.53. The summed E-state index contributed by atoms with van der Waals surface area (Å²) in [4.78, 5) is 24.5. The van der Waals surface area contributed by atoms with Crippen molar-refractivity contribution in [3.05, 3.63) is 65.7 Å². The van der Waals surface area contributed by atoms with Gasteiger partial charge in [0.15, 0.2) is 0 Å². The summed E-state index contributed by atoms with van der Waals surface area (Å²) in [5.74, 6) is -0.367. The summed E-state index contributed by atoms with van der Waals surface area (Å²) in [6.07, 6.45) is 1.46. The number of ether oxygens (including phenoxy) is 1. The number of aromatic nitrogens is 4. The summed E-state index contributed by atoms with van der Waals surface area (Å²) in [6, 6.07) is 15.9. The molecule has 0 spiro atoms. The van der Waals surface area contributed by atoms with Crippen LogP contribution in [0.4, 0.5) is 0 Å². The molecule has 27 heavy (non-hydrogen) atoms. The van der Waals surface area contributed by atoms with Gasteiger partial charge in [-0.1, -0.05) is 42.5 Å². The number of carbonyl (C=O) groups is 2. The molecule has 3 rings (SSSR count). The maximum Gasteiger partial charge on any atom is 0.337 e. The normalized spacial score (nSPS) is 10.7. The molecule has 9 nitrogen and oxygen atoms in total. The van der Waals surface area contributed by atoms with Crippen LogP contribution in [0.1, 0.15) is 15.9 Å². The number of nitrogens with zero attached hydrogens (tertiary/aromatic N) is 5. The SMILES string of the molecule is COC(=O)c1ccc(/C=N\NC(=O)Cn2nnc(-c3ccccc3)n2)cc1. The van der Waals surface area contributed by atoms with Gasteiger partial charge in [-0.15, -0.1) is 10.2 Å². The van der Waals surface area contributed by atoms with Crippen LogP contribution in [0.2, 0.25) is 0 Å². The molecular formula is C18H16N6O3. The Hall–Kier alpha value is -3.88. The zero-order chi connectivity index (χ0) is 19.1. The molecule has 0 atom stereocenters. The largest absolute Gasteiger partial charge is 0.465 e. The number of carbonyl (C=O) groups excluding carboxylic acids is 2. The van der Waals surface area contributed by atoms with Crippen LogP contribution < -0.4 is 5.43 Å². The lowest BCUT2D eigenvalue weighted by molar-refractivity contribution is -0.122. The molecule has 9 heteroatoms. The Morgan fingerprint density at radius 3 is 2.59 bits per heavy atom. The van der Waals surface area contributed by atoms with Crippen molar-refractivity contribution in [2.75, 3.05) is 7.11 Å². The van der Waals surface area contributed by atoms with Gasteiger partial charge in [-0.05, 0) is 22.9 Å². The van der Waals surface area contributed by atoms with Crippen molar-refractivity contribution in [2.24, 2.45) is 5.10 Å². The number of benzene rings is 2. The lowest BCUT2D eigenvalue weighted by Crippen LogP contribution is -2.24. The van der Waals surface area contributed by atoms with Crippen LogP contribution in [0.15, 0.2) is 59.7 Å². The van der Waals surface area contributed by atoms with Crippen molar-refractivity contribution in [3.63, 3.8) is 0 Å². The summed E-state index contributed by atoms with van der Waals surface area (Å²) in [7, 11) is 1.32. The summed E-state index contributed by atoms with van der Waals surface area (Å²) in [6.45, 7) is -0.113. The summed E-state index contributed by atoms with van der Waals surface area (Å²) in [5.41, 5.74) is 4.36. The predicted molar refractivity (Wildman–Crippen MR) is 96.8 cm³/mol. The molecule has 0 bridgehead atoms. The molecule has 0 aliphatic carbocycles. The maximum atomic E-state index is 11.9. The van der Waals surface area contributed by atoms with Gasteiger partial charge < -0.3 is 4.74 Å². The monoisotopic (exact) mass is 364 g/mol. The van der Waals surface area contributed by atoms with Gasteiger partial charge in [0.1, 0.15) is 6.54 Å². The van der Waals surface area contributed by atoms with Crippen molar-refractivity contribution >= 4 is 18.1 Å². The van der Waals surface area contributed by atoms with Crippen LogP contribution in [0.25, 0.3) is 11.4 Å². The Morgan fingerprint density at radius 1 is 1.15 bits per heavy atom. The maximum absolute atomic E-state index is 11.9. The highest BCUT2D eigenvalue weighted by molar-refractivity contribution is 5.90. The first-order chi connectivity index (χ1) is 13.2. The third-order valence-corrected chi connectivity index (χ3v) is 3.50. The second kappa shape index (κ2) is 8.48. The first-order valence-corrected chi connectivity index (χ1v) is 7.99. The zero-order valence-corrected chi connectivity index (χ0v) is 14.4. The van der Waals surface area contributed by atoms with Crippen molar-refractivity contribution in [1.29, 1.82) is 0 Å². The smallest absolute Gasteiger partial charge is 0.337 e. The van der Waals surface area contributed by atoms with Crippen molar-refractivity contribution in [3.8, 4) is 11.4 Å². The topological polar surface area (TPSA) is 111 Å². The standard InChI is InChI=1S/C18H16N6O3/c1-27-18(26)15-9-7-13(8-10-15)11-19-20-16(25)12-24-22-17(21-23-24)14-5-3-2-4-6-14/h2-11H,12H2,1H3,(H,20,25)/b19-11-. The number of rotatable bonds is 6. The number of tetrazole rings is 1. The highest BCUT2D eigenvalue weighted by Gasteiger charge is 2.08. The second-order valence-electron chi connectivity index (χ2n) is 5.42. The fourth-order valence-electron chi connectivity index (χ4n) is 2.18. The molecule has 0 unspecified atom stereocenters. The molecule has 0 radical (unpaired) electrons. The predicted octanol–water partition coefficient (Wildman–Crippen LogP) is 1.28. The van der Waals surface area contributed by atoms with Crippen molar-refractivity contribution in [1.82, 2.24) is 25.6 Å². The minimum absolute atomic E-state index is 0.113. The van der Waals surface area contributed by atoms with Crippen LogP contribution in [0.3, 0.4) is 0 Å². The molecule has 136 valence electrons. The number of amides is 1. The zero-order valence-electron chi connectivity index (χ0n) is 14.4. The van der Waals surface area contributed by atoms with E-state index < -0.39 is 11.9 Å². The van der Waals surface area contributed by atoms with Gasteiger partial charge in [0, 0.05) is 5.56 Å². The van der Waals surface area contributed by atoms with Gasteiger partial charge in [0.2, 0.25) is 5.82 Å². The summed E-state index contributed by atoms with van der Waals surface area (Å²) < 4.78 is 4.63. The lowest BCUT2D eigenvalue weighted by atomic mass is 10.1. The minimum atomic E-state index is -0.415. The Labute approximate surface area is 154 Å². The van der Waals surface area contributed by atoms with Gasteiger partial charge in [-0.25, -0.2) is 10.2 Å². The second-order valence-corrected chi connectivity index (χ2v) is 5.42. The van der Waals surface area contributed by atoms with Crippen molar-refractivity contribution < 1.29 is 14.3 Å². The van der Waals surface area contributed by atoms with E-state index in [2.05, 4.69) is 30.7 Å². The van der Waals surface area contributed by atoms with Crippen LogP contribution >= 0.6 is 0 Å². The molecule has 1 amide bonds. The molecule has 1 heterocycles. The number of methoxy groups -OCH3 is 1. The highest BCUT2D eigenvalue weighted by atomic mass is 16.5. The average Bonchev–Trinajstić information content (AvgIpc) is 3.17. The highest BCUT2D eigenvalue weighted by Crippen LogP contribution is 2.11. The molecule has 3 aromatic rings. The molecule has 2 aromatic carbocycles. The van der Waals surface area contributed by atoms with Crippen LogP contribution in [0, 0.1) is 0 Å². The van der Waals surface area contributed by atoms with E-state index in [9.17, 15) is 9.59 Å². The van der Waals surface area contributed by atoms with Crippen LogP contribution in [0.5, 0.6) is 0 Å². The number of hydrazone groups is 1. The van der Waals surface area contributed by atoms with Crippen LogP contribution in [-0.2, 0) is 16.1 Å². The Bertz CT molecular complexity index is 951. The number of hydrogen-bond donors (Lipinski definition) is 1. The van der Waals surface area contributed by atoms with Gasteiger partial charge >= 0.3 is 5.97 Å². The number of hydrogen-bond acceptors (Lipinski definition) is 7. The van der Waals surface area contributed by atoms with E-state index in [1.165, 1.54) is 18.1 Å². The molecule has 0 fully saturated rings. The minimum Gasteiger partial charge on any atom is -0.465 e. The number of nitrogens with one attached hydrogen (secondary N) is 1. The summed E-state index contributed by atoms with van der Waals surface area (Å²) in [5, 5.41) is 15.8. The third kappa shape index (κ3) is 4.82. The van der Waals surface area contributed by atoms with Crippen molar-refractivity contribution in [2.45, 2.75) is 6.54 Å². The van der Waals surface area contributed by atoms with Crippen LogP contribution in [-0.4, -0.2) is 45.4 Å². The van der Waals surface area contributed by atoms with E-state index in [0.29, 0.717) is 17.0 Å². The molecule has 1 aromatic heterocycles. The first-order valence-electron chi connectivity index (χ1n) is 7.99. The van der Waals surface area contributed by atoms with E-state index in [1.54, 1.807) is 24.3 Å². The molecule has 1 N–H and O–H groups in total. The fraction of sp³-hybridized carbons (Fsp3) is 0.111. The lowest BCUT2D eigenvalue weighted by Gasteiger charge is -2.00. The van der Waals surface area contributed by atoms with E-state index in [-0.39, 0.29) is 6.54 Å². The molecule has 0 aliphatic heterocycles. The number of esters is 1. The third-order valence-electron chi connectivity index (χ3n) is 3.50. The Morgan fingerprint density at radius 2 is 1.89 bits per heavy atom. The quantitative estimate of drug-likeness (QED) is 0.401. The van der Waals surface area contributed by atoms with E-state index in [0.717, 1.165) is 5.56 Å². The first kappa shape index (κ1) is 17.9.